The standard InChI is InChI=1S/C17H11FN2OS/c18-13-8-4-3-7-12(13)16(21)20-17-19-15-11-6-2-1-5-10(11)9-14(15)22-17/h1-8H,9H2,(H,19,20,21). The highest BCUT2D eigenvalue weighted by atomic mass is 32.1. The van der Waals surface area contributed by atoms with E-state index in [1.54, 1.807) is 12.1 Å². The molecule has 0 saturated carbocycles. The Morgan fingerprint density at radius 2 is 1.91 bits per heavy atom. The van der Waals surface area contributed by atoms with E-state index < -0.39 is 11.7 Å². The monoisotopic (exact) mass is 310 g/mol. The Morgan fingerprint density at radius 1 is 1.14 bits per heavy atom. The molecule has 0 unspecified atom stereocenters. The molecular formula is C17H11FN2OS. The fourth-order valence-electron chi connectivity index (χ4n) is 2.62. The number of carbonyl (C=O) groups is 1. The number of halogens is 1. The van der Waals surface area contributed by atoms with Crippen LogP contribution in [0, 0.1) is 5.82 Å². The fourth-order valence-corrected chi connectivity index (χ4v) is 3.62. The fraction of sp³-hybridized carbons (Fsp3) is 0.0588. The second kappa shape index (κ2) is 5.03. The maximum atomic E-state index is 13.6. The van der Waals surface area contributed by atoms with Gasteiger partial charge in [0.05, 0.1) is 11.3 Å². The van der Waals surface area contributed by atoms with Gasteiger partial charge >= 0.3 is 0 Å². The molecule has 1 heterocycles. The maximum Gasteiger partial charge on any atom is 0.260 e. The second-order valence-electron chi connectivity index (χ2n) is 5.06. The number of fused-ring (bicyclic) bond motifs is 3. The Labute approximate surface area is 130 Å². The molecule has 2 aromatic carbocycles. The second-order valence-corrected chi connectivity index (χ2v) is 6.14. The lowest BCUT2D eigenvalue weighted by molar-refractivity contribution is 0.102. The van der Waals surface area contributed by atoms with E-state index in [2.05, 4.69) is 16.4 Å². The van der Waals surface area contributed by atoms with Crippen molar-refractivity contribution >= 4 is 22.4 Å². The first kappa shape index (κ1) is 13.2. The molecule has 0 aliphatic heterocycles. The Balaban J connectivity index is 1.62. The van der Waals surface area contributed by atoms with E-state index in [0.717, 1.165) is 22.6 Å². The quantitative estimate of drug-likeness (QED) is 0.605. The average molecular weight is 310 g/mol. The van der Waals surface area contributed by atoms with Crippen molar-refractivity contribution in [2.75, 3.05) is 5.32 Å². The van der Waals surface area contributed by atoms with Crippen LogP contribution < -0.4 is 5.32 Å². The summed E-state index contributed by atoms with van der Waals surface area (Å²) < 4.78 is 13.6. The number of rotatable bonds is 2. The van der Waals surface area contributed by atoms with Gasteiger partial charge in [-0.25, -0.2) is 9.37 Å². The summed E-state index contributed by atoms with van der Waals surface area (Å²) in [6.07, 6.45) is 0.832. The topological polar surface area (TPSA) is 42.0 Å². The minimum absolute atomic E-state index is 0.0262. The Morgan fingerprint density at radius 3 is 2.77 bits per heavy atom. The highest BCUT2D eigenvalue weighted by Crippen LogP contribution is 2.40. The third-order valence-corrected chi connectivity index (χ3v) is 4.63. The van der Waals surface area contributed by atoms with E-state index >= 15 is 0 Å². The normalized spacial score (nSPS) is 11.9. The van der Waals surface area contributed by atoms with Gasteiger partial charge in [-0.3, -0.25) is 10.1 Å². The Kier molecular flexibility index (Phi) is 3.01. The van der Waals surface area contributed by atoms with Crippen LogP contribution in [0.1, 0.15) is 20.8 Å². The minimum atomic E-state index is -0.533. The molecule has 5 heteroatoms. The summed E-state index contributed by atoms with van der Waals surface area (Å²) >= 11 is 1.44. The third-order valence-electron chi connectivity index (χ3n) is 3.66. The van der Waals surface area contributed by atoms with Crippen molar-refractivity contribution in [3.8, 4) is 11.3 Å². The SMILES string of the molecule is O=C(Nc1nc2c(s1)Cc1ccccc1-2)c1ccccc1F. The summed E-state index contributed by atoms with van der Waals surface area (Å²) in [5.74, 6) is -1.01. The molecule has 1 aliphatic rings. The molecule has 22 heavy (non-hydrogen) atoms. The van der Waals surface area contributed by atoms with Crippen LogP contribution in [0.3, 0.4) is 0 Å². The smallest absolute Gasteiger partial charge is 0.260 e. The molecule has 0 bridgehead atoms. The molecule has 0 radical (unpaired) electrons. The van der Waals surface area contributed by atoms with Crippen LogP contribution in [0.2, 0.25) is 0 Å². The van der Waals surface area contributed by atoms with Gasteiger partial charge in [0.25, 0.3) is 5.91 Å². The molecule has 4 rings (SSSR count). The zero-order valence-electron chi connectivity index (χ0n) is 11.5. The number of nitrogens with zero attached hydrogens (tertiary/aromatic N) is 1. The molecule has 108 valence electrons. The number of nitrogens with one attached hydrogen (secondary N) is 1. The summed E-state index contributed by atoms with van der Waals surface area (Å²) in [4.78, 5) is 17.7. The number of aromatic nitrogens is 1. The van der Waals surface area contributed by atoms with Crippen LogP contribution in [0.4, 0.5) is 9.52 Å². The van der Waals surface area contributed by atoms with Crippen LogP contribution in [0.15, 0.2) is 48.5 Å². The highest BCUT2D eigenvalue weighted by molar-refractivity contribution is 7.16. The molecule has 0 spiro atoms. The number of amides is 1. The number of benzene rings is 2. The number of thiazole rings is 1. The van der Waals surface area contributed by atoms with E-state index in [4.69, 9.17) is 0 Å². The predicted molar refractivity (Wildman–Crippen MR) is 84.7 cm³/mol. The van der Waals surface area contributed by atoms with Gasteiger partial charge in [0.1, 0.15) is 5.82 Å². The average Bonchev–Trinajstić information content (AvgIpc) is 3.04. The Hall–Kier alpha value is -2.53. The van der Waals surface area contributed by atoms with E-state index in [9.17, 15) is 9.18 Å². The summed E-state index contributed by atoms with van der Waals surface area (Å²) in [7, 11) is 0. The van der Waals surface area contributed by atoms with Crippen LogP contribution in [-0.2, 0) is 6.42 Å². The lowest BCUT2D eigenvalue weighted by atomic mass is 10.1. The van der Waals surface area contributed by atoms with Crippen molar-refractivity contribution in [3.63, 3.8) is 0 Å². The van der Waals surface area contributed by atoms with Crippen molar-refractivity contribution in [2.45, 2.75) is 6.42 Å². The molecule has 0 atom stereocenters. The lowest BCUT2D eigenvalue weighted by Gasteiger charge is -2.03. The first-order valence-electron chi connectivity index (χ1n) is 6.86. The Bertz CT molecular complexity index is 888. The van der Waals surface area contributed by atoms with Crippen LogP contribution in [0.5, 0.6) is 0 Å². The van der Waals surface area contributed by atoms with Crippen molar-refractivity contribution in [1.82, 2.24) is 4.98 Å². The van der Waals surface area contributed by atoms with Crippen LogP contribution in [-0.4, -0.2) is 10.9 Å². The van der Waals surface area contributed by atoms with E-state index in [-0.39, 0.29) is 5.56 Å². The molecule has 1 aliphatic carbocycles. The molecule has 3 nitrogen and oxygen atoms in total. The zero-order valence-corrected chi connectivity index (χ0v) is 12.3. The molecular weight excluding hydrogens is 299 g/mol. The van der Waals surface area contributed by atoms with Gasteiger partial charge in [-0.05, 0) is 17.7 Å². The first-order chi connectivity index (χ1) is 10.7. The number of anilines is 1. The molecule has 1 amide bonds. The van der Waals surface area contributed by atoms with Gasteiger partial charge in [-0.15, -0.1) is 11.3 Å². The molecule has 1 aromatic heterocycles. The predicted octanol–water partition coefficient (Wildman–Crippen LogP) is 4.11. The summed E-state index contributed by atoms with van der Waals surface area (Å²) in [5.41, 5.74) is 3.31. The van der Waals surface area contributed by atoms with Crippen molar-refractivity contribution in [2.24, 2.45) is 0 Å². The number of hydrogen-bond donors (Lipinski definition) is 1. The summed E-state index contributed by atoms with van der Waals surface area (Å²) in [6.45, 7) is 0. The highest BCUT2D eigenvalue weighted by Gasteiger charge is 2.23. The van der Waals surface area contributed by atoms with Crippen LogP contribution >= 0.6 is 11.3 Å². The number of carbonyl (C=O) groups excluding carboxylic acids is 1. The van der Waals surface area contributed by atoms with Gasteiger partial charge in [-0.1, -0.05) is 36.4 Å². The van der Waals surface area contributed by atoms with Gasteiger partial charge < -0.3 is 0 Å². The molecule has 0 fully saturated rings. The largest absolute Gasteiger partial charge is 0.298 e. The lowest BCUT2D eigenvalue weighted by Crippen LogP contribution is -2.13. The van der Waals surface area contributed by atoms with Gasteiger partial charge in [0.15, 0.2) is 5.13 Å². The maximum absolute atomic E-state index is 13.6. The molecule has 1 N–H and O–H groups in total. The van der Waals surface area contributed by atoms with Gasteiger partial charge in [-0.2, -0.15) is 0 Å². The minimum Gasteiger partial charge on any atom is -0.298 e. The first-order valence-corrected chi connectivity index (χ1v) is 7.68. The zero-order chi connectivity index (χ0) is 15.1. The van der Waals surface area contributed by atoms with Gasteiger partial charge in [0.2, 0.25) is 0 Å². The summed E-state index contributed by atoms with van der Waals surface area (Å²) in [5, 5.41) is 3.19. The number of hydrogen-bond acceptors (Lipinski definition) is 3. The van der Waals surface area contributed by atoms with E-state index in [0.29, 0.717) is 5.13 Å². The summed E-state index contributed by atoms with van der Waals surface area (Å²) in [6, 6.07) is 14.0. The van der Waals surface area contributed by atoms with Crippen LogP contribution in [0.25, 0.3) is 11.3 Å². The molecule has 0 saturated heterocycles. The third kappa shape index (κ3) is 2.10. The van der Waals surface area contributed by atoms with Crippen molar-refractivity contribution < 1.29 is 9.18 Å². The van der Waals surface area contributed by atoms with Crippen molar-refractivity contribution in [1.29, 1.82) is 0 Å². The van der Waals surface area contributed by atoms with E-state index in [1.165, 1.54) is 29.0 Å². The van der Waals surface area contributed by atoms with E-state index in [1.807, 2.05) is 18.2 Å². The van der Waals surface area contributed by atoms with Gasteiger partial charge in [0, 0.05) is 16.9 Å². The molecule has 3 aromatic rings. The van der Waals surface area contributed by atoms with Crippen molar-refractivity contribution in [3.05, 3.63) is 70.4 Å².